The summed E-state index contributed by atoms with van der Waals surface area (Å²) in [7, 11) is 0. The lowest BCUT2D eigenvalue weighted by molar-refractivity contribution is 0.127. The van der Waals surface area contributed by atoms with E-state index in [4.69, 9.17) is 10.5 Å². The first-order valence-electron chi connectivity index (χ1n) is 5.84. The normalized spacial score (nSPS) is 24.8. The number of aryl methyl sites for hydroxylation is 1. The first kappa shape index (κ1) is 11.8. The third-order valence-corrected chi connectivity index (χ3v) is 4.55. The molecule has 1 fully saturated rings. The van der Waals surface area contributed by atoms with Gasteiger partial charge in [0.05, 0.1) is 6.10 Å². The highest BCUT2D eigenvalue weighted by Crippen LogP contribution is 2.27. The number of thioether (sulfide) groups is 1. The Morgan fingerprint density at radius 1 is 1.44 bits per heavy atom. The van der Waals surface area contributed by atoms with E-state index in [0.717, 1.165) is 24.5 Å². The third kappa shape index (κ3) is 2.92. The molecule has 3 heteroatoms. The number of rotatable bonds is 4. The Morgan fingerprint density at radius 2 is 2.25 bits per heavy atom. The van der Waals surface area contributed by atoms with Crippen LogP contribution in [0.4, 0.5) is 5.69 Å². The van der Waals surface area contributed by atoms with Crippen LogP contribution in [0.15, 0.2) is 24.3 Å². The van der Waals surface area contributed by atoms with Gasteiger partial charge in [-0.05, 0) is 37.1 Å². The van der Waals surface area contributed by atoms with Gasteiger partial charge in [0.25, 0.3) is 0 Å². The Kier molecular flexibility index (Phi) is 4.13. The Morgan fingerprint density at radius 3 is 2.94 bits per heavy atom. The van der Waals surface area contributed by atoms with Crippen LogP contribution in [0.1, 0.15) is 18.9 Å². The fourth-order valence-electron chi connectivity index (χ4n) is 2.01. The first-order chi connectivity index (χ1) is 7.77. The SMILES string of the molecule is CC1OCCC1SCCc1ccccc1N. The number of anilines is 1. The molecule has 88 valence electrons. The second kappa shape index (κ2) is 5.60. The van der Waals surface area contributed by atoms with Crippen LogP contribution in [-0.2, 0) is 11.2 Å². The van der Waals surface area contributed by atoms with Crippen molar-refractivity contribution in [1.82, 2.24) is 0 Å². The molecule has 0 amide bonds. The summed E-state index contributed by atoms with van der Waals surface area (Å²) >= 11 is 2.02. The summed E-state index contributed by atoms with van der Waals surface area (Å²) in [5, 5.41) is 0.671. The van der Waals surface area contributed by atoms with E-state index in [1.54, 1.807) is 0 Å². The number of para-hydroxylation sites is 1. The summed E-state index contributed by atoms with van der Waals surface area (Å²) in [6.07, 6.45) is 2.66. The van der Waals surface area contributed by atoms with Gasteiger partial charge in [-0.2, -0.15) is 11.8 Å². The van der Waals surface area contributed by atoms with Crippen LogP contribution in [0.25, 0.3) is 0 Å². The smallest absolute Gasteiger partial charge is 0.0666 e. The highest BCUT2D eigenvalue weighted by Gasteiger charge is 2.23. The lowest BCUT2D eigenvalue weighted by Crippen LogP contribution is -2.14. The quantitative estimate of drug-likeness (QED) is 0.818. The van der Waals surface area contributed by atoms with E-state index in [1.807, 2.05) is 23.9 Å². The van der Waals surface area contributed by atoms with Gasteiger partial charge < -0.3 is 10.5 Å². The molecule has 1 aliphatic heterocycles. The minimum Gasteiger partial charge on any atom is -0.399 e. The van der Waals surface area contributed by atoms with Gasteiger partial charge in [0.1, 0.15) is 0 Å². The molecule has 1 saturated heterocycles. The molecular weight excluding hydrogens is 218 g/mol. The van der Waals surface area contributed by atoms with Crippen LogP contribution >= 0.6 is 11.8 Å². The molecule has 1 aliphatic rings. The van der Waals surface area contributed by atoms with Gasteiger partial charge in [-0.25, -0.2) is 0 Å². The van der Waals surface area contributed by atoms with Crippen molar-refractivity contribution >= 4 is 17.4 Å². The maximum Gasteiger partial charge on any atom is 0.0666 e. The van der Waals surface area contributed by atoms with Crippen molar-refractivity contribution in [2.75, 3.05) is 18.1 Å². The fourth-order valence-corrected chi connectivity index (χ4v) is 3.27. The Balaban J connectivity index is 1.78. The molecule has 0 spiro atoms. The summed E-state index contributed by atoms with van der Waals surface area (Å²) < 4.78 is 5.55. The van der Waals surface area contributed by atoms with Crippen molar-refractivity contribution in [3.8, 4) is 0 Å². The molecule has 2 unspecified atom stereocenters. The largest absolute Gasteiger partial charge is 0.399 e. The van der Waals surface area contributed by atoms with Crippen LogP contribution in [0.5, 0.6) is 0 Å². The molecule has 1 aromatic rings. The fraction of sp³-hybridized carbons (Fsp3) is 0.538. The Labute approximate surface area is 102 Å². The van der Waals surface area contributed by atoms with E-state index >= 15 is 0 Å². The maximum atomic E-state index is 5.91. The van der Waals surface area contributed by atoms with Crippen molar-refractivity contribution in [3.63, 3.8) is 0 Å². The second-order valence-electron chi connectivity index (χ2n) is 4.22. The zero-order valence-corrected chi connectivity index (χ0v) is 10.5. The number of ether oxygens (including phenoxy) is 1. The van der Waals surface area contributed by atoms with Gasteiger partial charge >= 0.3 is 0 Å². The number of nitrogen functional groups attached to an aromatic ring is 1. The van der Waals surface area contributed by atoms with E-state index in [0.29, 0.717) is 11.4 Å². The molecule has 0 aromatic heterocycles. The van der Waals surface area contributed by atoms with Gasteiger partial charge in [0.15, 0.2) is 0 Å². The van der Waals surface area contributed by atoms with Gasteiger partial charge in [0, 0.05) is 17.5 Å². The predicted molar refractivity (Wildman–Crippen MR) is 70.8 cm³/mol. The van der Waals surface area contributed by atoms with Gasteiger partial charge in [-0.15, -0.1) is 0 Å². The summed E-state index contributed by atoms with van der Waals surface area (Å²) in [6.45, 7) is 3.09. The molecule has 0 radical (unpaired) electrons. The van der Waals surface area contributed by atoms with Crippen molar-refractivity contribution in [2.45, 2.75) is 31.1 Å². The van der Waals surface area contributed by atoms with Crippen molar-refractivity contribution in [3.05, 3.63) is 29.8 Å². The van der Waals surface area contributed by atoms with Gasteiger partial charge in [0.2, 0.25) is 0 Å². The number of nitrogens with two attached hydrogens (primary N) is 1. The maximum absolute atomic E-state index is 5.91. The molecule has 0 bridgehead atoms. The minimum absolute atomic E-state index is 0.415. The van der Waals surface area contributed by atoms with Crippen LogP contribution in [0, 0.1) is 0 Å². The zero-order chi connectivity index (χ0) is 11.4. The third-order valence-electron chi connectivity index (χ3n) is 3.07. The van der Waals surface area contributed by atoms with E-state index < -0.39 is 0 Å². The average Bonchev–Trinajstić information content (AvgIpc) is 2.67. The molecule has 1 aromatic carbocycles. The topological polar surface area (TPSA) is 35.2 Å². The highest BCUT2D eigenvalue weighted by molar-refractivity contribution is 7.99. The molecule has 0 saturated carbocycles. The van der Waals surface area contributed by atoms with Crippen LogP contribution in [0.2, 0.25) is 0 Å². The van der Waals surface area contributed by atoms with Gasteiger partial charge in [-0.3, -0.25) is 0 Å². The molecule has 16 heavy (non-hydrogen) atoms. The molecule has 2 nitrogen and oxygen atoms in total. The summed E-state index contributed by atoms with van der Waals surface area (Å²) in [4.78, 5) is 0. The number of benzene rings is 1. The van der Waals surface area contributed by atoms with Crippen molar-refractivity contribution in [1.29, 1.82) is 0 Å². The minimum atomic E-state index is 0.415. The first-order valence-corrected chi connectivity index (χ1v) is 6.89. The van der Waals surface area contributed by atoms with E-state index in [1.165, 1.54) is 12.0 Å². The highest BCUT2D eigenvalue weighted by atomic mass is 32.2. The van der Waals surface area contributed by atoms with Gasteiger partial charge in [-0.1, -0.05) is 18.2 Å². The second-order valence-corrected chi connectivity index (χ2v) is 5.57. The van der Waals surface area contributed by atoms with Crippen molar-refractivity contribution in [2.24, 2.45) is 0 Å². The Hall–Kier alpha value is -0.670. The van der Waals surface area contributed by atoms with Crippen molar-refractivity contribution < 1.29 is 4.74 Å². The average molecular weight is 237 g/mol. The molecule has 2 atom stereocenters. The Bertz CT molecular complexity index is 342. The lowest BCUT2D eigenvalue weighted by Gasteiger charge is -2.13. The van der Waals surface area contributed by atoms with Crippen LogP contribution < -0.4 is 5.73 Å². The number of hydrogen-bond donors (Lipinski definition) is 1. The molecule has 2 rings (SSSR count). The molecule has 0 aliphatic carbocycles. The number of hydrogen-bond acceptors (Lipinski definition) is 3. The standard InChI is InChI=1S/C13H19NOS/c1-10-13(6-8-15-10)16-9-7-11-4-2-3-5-12(11)14/h2-5,10,13H,6-9,14H2,1H3. The molecule has 2 N–H and O–H groups in total. The summed E-state index contributed by atoms with van der Waals surface area (Å²) in [5.41, 5.74) is 8.09. The van der Waals surface area contributed by atoms with E-state index in [-0.39, 0.29) is 0 Å². The molecule has 1 heterocycles. The van der Waals surface area contributed by atoms with Crippen LogP contribution in [-0.4, -0.2) is 23.7 Å². The van der Waals surface area contributed by atoms with Crippen LogP contribution in [0.3, 0.4) is 0 Å². The van der Waals surface area contributed by atoms with E-state index in [2.05, 4.69) is 19.1 Å². The molecular formula is C13H19NOS. The summed E-state index contributed by atoms with van der Waals surface area (Å²) in [5.74, 6) is 1.13. The zero-order valence-electron chi connectivity index (χ0n) is 9.69. The predicted octanol–water partition coefficient (Wildman–Crippen LogP) is 2.72. The van der Waals surface area contributed by atoms with E-state index in [9.17, 15) is 0 Å². The monoisotopic (exact) mass is 237 g/mol. The lowest BCUT2D eigenvalue weighted by atomic mass is 10.1. The summed E-state index contributed by atoms with van der Waals surface area (Å²) in [6, 6.07) is 8.13.